The minimum Gasteiger partial charge on any atom is -0.493 e. The Hall–Kier alpha value is -2.08. The quantitative estimate of drug-likeness (QED) is 0.674. The summed E-state index contributed by atoms with van der Waals surface area (Å²) >= 11 is 0. The fourth-order valence-electron chi connectivity index (χ4n) is 2.73. The average molecular weight is 332 g/mol. The molecule has 2 aromatic rings. The molecule has 1 aromatic carbocycles. The Morgan fingerprint density at radius 2 is 1.71 bits per heavy atom. The summed E-state index contributed by atoms with van der Waals surface area (Å²) in [7, 11) is 3.26. The molecule has 1 aromatic heterocycles. The van der Waals surface area contributed by atoms with E-state index in [0.717, 1.165) is 49.3 Å². The number of fused-ring (bicyclic) bond motifs is 1. The molecule has 1 N–H and O–H groups in total. The van der Waals surface area contributed by atoms with Crippen molar-refractivity contribution >= 4 is 16.7 Å². The van der Waals surface area contributed by atoms with Crippen LogP contribution in [0.1, 0.15) is 26.7 Å². The maximum absolute atomic E-state index is 5.38. The molecule has 0 aliphatic carbocycles. The van der Waals surface area contributed by atoms with Crippen molar-refractivity contribution < 1.29 is 9.47 Å². The minimum absolute atomic E-state index is 0.675. The van der Waals surface area contributed by atoms with E-state index in [1.54, 1.807) is 20.5 Å². The topological polar surface area (TPSA) is 59.5 Å². The molecule has 0 atom stereocenters. The lowest BCUT2D eigenvalue weighted by Crippen LogP contribution is -2.24. The third kappa shape index (κ3) is 4.47. The van der Waals surface area contributed by atoms with Crippen LogP contribution in [-0.4, -0.2) is 55.3 Å². The van der Waals surface area contributed by atoms with Gasteiger partial charge in [-0.3, -0.25) is 0 Å². The van der Waals surface area contributed by atoms with Crippen LogP contribution in [0.2, 0.25) is 0 Å². The zero-order valence-corrected chi connectivity index (χ0v) is 15.1. The highest BCUT2D eigenvalue weighted by Gasteiger charge is 2.10. The minimum atomic E-state index is 0.675. The fraction of sp³-hybridized carbons (Fsp3) is 0.556. The number of unbranched alkanes of at least 4 members (excludes halogenated alkanes) is 1. The predicted molar refractivity (Wildman–Crippen MR) is 98.2 cm³/mol. The smallest absolute Gasteiger partial charge is 0.162 e. The Morgan fingerprint density at radius 1 is 1.00 bits per heavy atom. The zero-order chi connectivity index (χ0) is 17.4. The zero-order valence-electron chi connectivity index (χ0n) is 15.1. The van der Waals surface area contributed by atoms with E-state index in [2.05, 4.69) is 34.0 Å². The van der Waals surface area contributed by atoms with Crippen LogP contribution in [0.3, 0.4) is 0 Å². The van der Waals surface area contributed by atoms with Gasteiger partial charge in [0, 0.05) is 18.0 Å². The molecule has 0 aliphatic rings. The summed E-state index contributed by atoms with van der Waals surface area (Å²) in [6.07, 6.45) is 3.86. The molecule has 1 heterocycles. The number of ether oxygens (including phenoxy) is 2. The molecule has 0 saturated heterocycles. The number of nitrogens with one attached hydrogen (secondary N) is 1. The summed E-state index contributed by atoms with van der Waals surface area (Å²) in [6, 6.07) is 3.80. The van der Waals surface area contributed by atoms with Gasteiger partial charge in [0.05, 0.1) is 19.7 Å². The second-order valence-corrected chi connectivity index (χ2v) is 5.61. The van der Waals surface area contributed by atoms with Gasteiger partial charge in [-0.05, 0) is 38.5 Å². The van der Waals surface area contributed by atoms with Gasteiger partial charge in [0.15, 0.2) is 11.5 Å². The summed E-state index contributed by atoms with van der Waals surface area (Å²) in [5.74, 6) is 2.20. The number of aromatic nitrogens is 2. The first-order valence-electron chi connectivity index (χ1n) is 8.56. The number of anilines is 1. The van der Waals surface area contributed by atoms with Crippen LogP contribution in [-0.2, 0) is 0 Å². The van der Waals surface area contributed by atoms with Crippen LogP contribution in [0, 0.1) is 0 Å². The SMILES string of the molecule is CCN(CC)CCCCNc1ncnc2cc(OC)c(OC)cc12. The molecule has 0 unspecified atom stereocenters. The van der Waals surface area contributed by atoms with Crippen LogP contribution >= 0.6 is 0 Å². The van der Waals surface area contributed by atoms with Crippen LogP contribution in [0.25, 0.3) is 10.9 Å². The van der Waals surface area contributed by atoms with Crippen molar-refractivity contribution in [2.45, 2.75) is 26.7 Å². The summed E-state index contributed by atoms with van der Waals surface area (Å²) < 4.78 is 10.7. The first-order valence-corrected chi connectivity index (χ1v) is 8.56. The van der Waals surface area contributed by atoms with Crippen molar-refractivity contribution in [3.8, 4) is 11.5 Å². The standard InChI is InChI=1S/C18H28N4O2/c1-5-22(6-2)10-8-7-9-19-18-14-11-16(23-3)17(24-4)12-15(14)20-13-21-18/h11-13H,5-10H2,1-4H3,(H,19,20,21). The van der Waals surface area contributed by atoms with E-state index in [9.17, 15) is 0 Å². The Balaban J connectivity index is 2.01. The van der Waals surface area contributed by atoms with E-state index in [4.69, 9.17) is 9.47 Å². The van der Waals surface area contributed by atoms with Gasteiger partial charge >= 0.3 is 0 Å². The molecule has 0 fully saturated rings. The summed E-state index contributed by atoms with van der Waals surface area (Å²) in [5.41, 5.74) is 0.841. The van der Waals surface area contributed by atoms with E-state index in [0.29, 0.717) is 11.5 Å². The lowest BCUT2D eigenvalue weighted by Gasteiger charge is -2.17. The Bertz CT molecular complexity index is 644. The molecular formula is C18H28N4O2. The molecule has 0 amide bonds. The van der Waals surface area contributed by atoms with Crippen LogP contribution < -0.4 is 14.8 Å². The van der Waals surface area contributed by atoms with Crippen molar-refractivity contribution in [2.75, 3.05) is 45.7 Å². The molecule has 0 spiro atoms. The van der Waals surface area contributed by atoms with Crippen molar-refractivity contribution in [3.05, 3.63) is 18.5 Å². The van der Waals surface area contributed by atoms with Gasteiger partial charge in [0.1, 0.15) is 12.1 Å². The predicted octanol–water partition coefficient (Wildman–Crippen LogP) is 3.18. The Labute approximate surface area is 144 Å². The fourth-order valence-corrected chi connectivity index (χ4v) is 2.73. The van der Waals surface area contributed by atoms with Crippen molar-refractivity contribution in [2.24, 2.45) is 0 Å². The van der Waals surface area contributed by atoms with E-state index < -0.39 is 0 Å². The second kappa shape index (κ2) is 9.27. The van der Waals surface area contributed by atoms with Crippen LogP contribution in [0.4, 0.5) is 5.82 Å². The summed E-state index contributed by atoms with van der Waals surface area (Å²) in [4.78, 5) is 11.1. The molecule has 2 rings (SSSR count). The molecule has 6 nitrogen and oxygen atoms in total. The number of hydrogen-bond donors (Lipinski definition) is 1. The molecular weight excluding hydrogens is 304 g/mol. The van der Waals surface area contributed by atoms with Gasteiger partial charge in [0.25, 0.3) is 0 Å². The van der Waals surface area contributed by atoms with Gasteiger partial charge < -0.3 is 19.7 Å². The first kappa shape index (κ1) is 18.3. The third-order valence-corrected chi connectivity index (χ3v) is 4.23. The second-order valence-electron chi connectivity index (χ2n) is 5.61. The maximum Gasteiger partial charge on any atom is 0.162 e. The van der Waals surface area contributed by atoms with Crippen molar-refractivity contribution in [3.63, 3.8) is 0 Å². The van der Waals surface area contributed by atoms with E-state index in [1.165, 1.54) is 6.42 Å². The number of methoxy groups -OCH3 is 2. The third-order valence-electron chi connectivity index (χ3n) is 4.23. The number of hydrogen-bond acceptors (Lipinski definition) is 6. The molecule has 0 radical (unpaired) electrons. The lowest BCUT2D eigenvalue weighted by molar-refractivity contribution is 0.298. The lowest BCUT2D eigenvalue weighted by atomic mass is 10.2. The molecule has 24 heavy (non-hydrogen) atoms. The number of benzene rings is 1. The van der Waals surface area contributed by atoms with Crippen LogP contribution in [0.15, 0.2) is 18.5 Å². The normalized spacial score (nSPS) is 11.0. The Kier molecular flexibility index (Phi) is 7.06. The summed E-state index contributed by atoms with van der Waals surface area (Å²) in [5, 5.41) is 4.36. The van der Waals surface area contributed by atoms with Crippen LogP contribution in [0.5, 0.6) is 11.5 Å². The molecule has 0 bridgehead atoms. The highest BCUT2D eigenvalue weighted by atomic mass is 16.5. The van der Waals surface area contributed by atoms with Gasteiger partial charge in [-0.1, -0.05) is 13.8 Å². The number of nitrogens with zero attached hydrogens (tertiary/aromatic N) is 3. The highest BCUT2D eigenvalue weighted by molar-refractivity contribution is 5.91. The van der Waals surface area contributed by atoms with Crippen molar-refractivity contribution in [1.82, 2.24) is 14.9 Å². The summed E-state index contributed by atoms with van der Waals surface area (Å²) in [6.45, 7) is 8.67. The first-order chi connectivity index (χ1) is 11.7. The molecule has 0 saturated carbocycles. The van der Waals surface area contributed by atoms with Gasteiger partial charge in [-0.15, -0.1) is 0 Å². The van der Waals surface area contributed by atoms with Crippen molar-refractivity contribution in [1.29, 1.82) is 0 Å². The average Bonchev–Trinajstić information content (AvgIpc) is 2.63. The maximum atomic E-state index is 5.38. The van der Waals surface area contributed by atoms with Gasteiger partial charge in [0.2, 0.25) is 0 Å². The number of rotatable bonds is 10. The van der Waals surface area contributed by atoms with E-state index in [1.807, 2.05) is 12.1 Å². The van der Waals surface area contributed by atoms with Gasteiger partial charge in [-0.2, -0.15) is 0 Å². The van der Waals surface area contributed by atoms with E-state index in [-0.39, 0.29) is 0 Å². The highest BCUT2D eigenvalue weighted by Crippen LogP contribution is 2.33. The largest absolute Gasteiger partial charge is 0.493 e. The van der Waals surface area contributed by atoms with Gasteiger partial charge in [-0.25, -0.2) is 9.97 Å². The molecule has 132 valence electrons. The molecule has 0 aliphatic heterocycles. The Morgan fingerprint density at radius 3 is 2.38 bits per heavy atom. The monoisotopic (exact) mass is 332 g/mol. The molecule has 6 heteroatoms. The van der Waals surface area contributed by atoms with E-state index >= 15 is 0 Å².